The minimum absolute atomic E-state index is 0.000818. The van der Waals surface area contributed by atoms with Gasteiger partial charge >= 0.3 is 0 Å². The lowest BCUT2D eigenvalue weighted by Crippen LogP contribution is -2.35. The molecular weight excluding hydrogens is 368 g/mol. The maximum absolute atomic E-state index is 12.3. The molecule has 1 aromatic heterocycles. The van der Waals surface area contributed by atoms with Crippen LogP contribution in [0, 0.1) is 12.8 Å². The van der Waals surface area contributed by atoms with Crippen LogP contribution in [0.1, 0.15) is 37.4 Å². The molecule has 146 valence electrons. The molecule has 1 saturated heterocycles. The number of amides is 1. The van der Waals surface area contributed by atoms with E-state index in [1.165, 1.54) is 0 Å². The quantitative estimate of drug-likeness (QED) is 0.774. The van der Waals surface area contributed by atoms with Crippen molar-refractivity contribution in [3.8, 4) is 5.75 Å². The van der Waals surface area contributed by atoms with Gasteiger partial charge in [0.2, 0.25) is 11.8 Å². The van der Waals surface area contributed by atoms with Crippen molar-refractivity contribution in [3.63, 3.8) is 0 Å². The van der Waals surface area contributed by atoms with Gasteiger partial charge in [-0.15, -0.1) is 0 Å². The van der Waals surface area contributed by atoms with Gasteiger partial charge in [0, 0.05) is 18.7 Å². The maximum atomic E-state index is 12.3. The highest BCUT2D eigenvalue weighted by Gasteiger charge is 2.22. The number of carbonyl (C=O) groups is 1. The summed E-state index contributed by atoms with van der Waals surface area (Å²) in [4.78, 5) is 18.9. The second-order valence-electron chi connectivity index (χ2n) is 6.91. The third-order valence-corrected chi connectivity index (χ3v) is 5.04. The Bertz CT molecular complexity index is 780. The molecule has 0 saturated carbocycles. The number of benzene rings is 1. The Morgan fingerprint density at radius 3 is 3.04 bits per heavy atom. The number of hydrogen-bond acceptors (Lipinski definition) is 6. The van der Waals surface area contributed by atoms with Crippen LogP contribution in [0.2, 0.25) is 5.02 Å². The van der Waals surface area contributed by atoms with E-state index in [4.69, 9.17) is 20.9 Å². The Labute approximate surface area is 164 Å². The number of nitrogens with zero attached hydrogens (tertiary/aromatic N) is 3. The molecule has 1 amide bonds. The van der Waals surface area contributed by atoms with Crippen molar-refractivity contribution in [1.82, 2.24) is 15.0 Å². The van der Waals surface area contributed by atoms with E-state index in [0.717, 1.165) is 32.4 Å². The van der Waals surface area contributed by atoms with Crippen LogP contribution in [0.3, 0.4) is 0 Å². The van der Waals surface area contributed by atoms with Gasteiger partial charge in [-0.25, -0.2) is 0 Å². The second-order valence-corrected chi connectivity index (χ2v) is 7.32. The number of aromatic nitrogens is 2. The molecule has 2 aromatic rings. The lowest BCUT2D eigenvalue weighted by atomic mass is 9.93. The number of likely N-dealkylation sites (tertiary alicyclic amines) is 1. The van der Waals surface area contributed by atoms with Crippen LogP contribution in [0.5, 0.6) is 5.75 Å². The van der Waals surface area contributed by atoms with Crippen LogP contribution in [0.25, 0.3) is 0 Å². The van der Waals surface area contributed by atoms with Crippen molar-refractivity contribution in [1.29, 1.82) is 0 Å². The summed E-state index contributed by atoms with van der Waals surface area (Å²) in [5, 5.41) is 7.22. The average Bonchev–Trinajstić information content (AvgIpc) is 3.05. The lowest BCUT2D eigenvalue weighted by Gasteiger charge is -2.31. The fourth-order valence-corrected chi connectivity index (χ4v) is 3.69. The first-order valence-electron chi connectivity index (χ1n) is 9.18. The molecule has 7 nitrogen and oxygen atoms in total. The summed E-state index contributed by atoms with van der Waals surface area (Å²) >= 11 is 6.10. The number of piperidine rings is 1. The van der Waals surface area contributed by atoms with E-state index in [-0.39, 0.29) is 5.91 Å². The molecule has 1 aliphatic rings. The number of methoxy groups -OCH3 is 1. The molecule has 0 bridgehead atoms. The molecule has 1 N–H and O–H groups in total. The minimum Gasteiger partial charge on any atom is -0.495 e. The normalized spacial score (nSPS) is 17.7. The van der Waals surface area contributed by atoms with Crippen molar-refractivity contribution < 1.29 is 14.1 Å². The van der Waals surface area contributed by atoms with Crippen molar-refractivity contribution in [2.75, 3.05) is 25.5 Å². The zero-order valence-corrected chi connectivity index (χ0v) is 16.5. The molecule has 0 unspecified atom stereocenters. The summed E-state index contributed by atoms with van der Waals surface area (Å²) in [6, 6.07) is 5.24. The predicted octanol–water partition coefficient (Wildman–Crippen LogP) is 3.67. The van der Waals surface area contributed by atoms with Gasteiger partial charge in [0.1, 0.15) is 5.75 Å². The highest BCUT2D eigenvalue weighted by Crippen LogP contribution is 2.27. The van der Waals surface area contributed by atoms with Gasteiger partial charge in [0.15, 0.2) is 5.82 Å². The number of hydrogen-bond donors (Lipinski definition) is 1. The fraction of sp³-hybridized carbons (Fsp3) is 0.526. The van der Waals surface area contributed by atoms with E-state index in [1.54, 1.807) is 25.3 Å². The van der Waals surface area contributed by atoms with Gasteiger partial charge in [-0.1, -0.05) is 16.8 Å². The first-order valence-corrected chi connectivity index (χ1v) is 9.56. The van der Waals surface area contributed by atoms with Crippen LogP contribution in [0.15, 0.2) is 22.7 Å². The molecule has 0 aliphatic carbocycles. The SMILES string of the molecule is COc1ccc(NC(=O)CC[C@H]2CCCN(Cc3nc(C)no3)C2)cc1Cl. The predicted molar refractivity (Wildman–Crippen MR) is 103 cm³/mol. The van der Waals surface area contributed by atoms with Gasteiger partial charge in [-0.3, -0.25) is 9.69 Å². The molecule has 8 heteroatoms. The van der Waals surface area contributed by atoms with Crippen molar-refractivity contribution in [2.24, 2.45) is 5.92 Å². The molecule has 3 rings (SSSR count). The van der Waals surface area contributed by atoms with E-state index in [2.05, 4.69) is 20.4 Å². The Hall–Kier alpha value is -2.12. The Morgan fingerprint density at radius 1 is 1.48 bits per heavy atom. The summed E-state index contributed by atoms with van der Waals surface area (Å²) in [5.74, 6) is 2.40. The summed E-state index contributed by atoms with van der Waals surface area (Å²) in [5.41, 5.74) is 0.683. The molecule has 1 fully saturated rings. The van der Waals surface area contributed by atoms with Crippen LogP contribution in [-0.2, 0) is 11.3 Å². The van der Waals surface area contributed by atoms with E-state index in [1.807, 2.05) is 6.92 Å². The standard InChI is InChI=1S/C19H25ClN4O3/c1-13-21-19(27-23-13)12-24-9-3-4-14(11-24)5-8-18(25)22-15-6-7-17(26-2)16(20)10-15/h6-7,10,14H,3-5,8-9,11-12H2,1-2H3,(H,22,25)/t14-/m1/s1. The molecule has 0 radical (unpaired) electrons. The number of halogens is 1. The van der Waals surface area contributed by atoms with E-state index in [0.29, 0.717) is 47.1 Å². The summed E-state index contributed by atoms with van der Waals surface area (Å²) < 4.78 is 10.3. The highest BCUT2D eigenvalue weighted by atomic mass is 35.5. The summed E-state index contributed by atoms with van der Waals surface area (Å²) in [6.07, 6.45) is 3.60. The van der Waals surface area contributed by atoms with Crippen molar-refractivity contribution >= 4 is 23.2 Å². The Kier molecular flexibility index (Phi) is 6.68. The third kappa shape index (κ3) is 5.68. The second kappa shape index (κ2) is 9.19. The number of aryl methyl sites for hydroxylation is 1. The smallest absolute Gasteiger partial charge is 0.240 e. The third-order valence-electron chi connectivity index (χ3n) is 4.75. The minimum atomic E-state index is 0.000818. The first-order chi connectivity index (χ1) is 13.0. The van der Waals surface area contributed by atoms with Crippen LogP contribution < -0.4 is 10.1 Å². The van der Waals surface area contributed by atoms with Gasteiger partial charge in [-0.05, 0) is 56.8 Å². The monoisotopic (exact) mass is 392 g/mol. The lowest BCUT2D eigenvalue weighted by molar-refractivity contribution is -0.116. The molecular formula is C19H25ClN4O3. The fourth-order valence-electron chi connectivity index (χ4n) is 3.43. The molecule has 1 aromatic carbocycles. The van der Waals surface area contributed by atoms with Gasteiger partial charge in [0.05, 0.1) is 18.7 Å². The zero-order chi connectivity index (χ0) is 19.2. The number of carbonyl (C=O) groups excluding carboxylic acids is 1. The van der Waals surface area contributed by atoms with E-state index in [9.17, 15) is 4.79 Å². The average molecular weight is 393 g/mol. The van der Waals surface area contributed by atoms with Crippen molar-refractivity contribution in [2.45, 2.75) is 39.2 Å². The Balaban J connectivity index is 1.44. The molecule has 0 spiro atoms. The van der Waals surface area contributed by atoms with Gasteiger partial charge in [0.25, 0.3) is 0 Å². The number of ether oxygens (including phenoxy) is 1. The van der Waals surface area contributed by atoms with E-state index < -0.39 is 0 Å². The summed E-state index contributed by atoms with van der Waals surface area (Å²) in [6.45, 7) is 4.46. The highest BCUT2D eigenvalue weighted by molar-refractivity contribution is 6.32. The summed E-state index contributed by atoms with van der Waals surface area (Å²) in [7, 11) is 1.56. The molecule has 27 heavy (non-hydrogen) atoms. The topological polar surface area (TPSA) is 80.5 Å². The number of rotatable bonds is 7. The van der Waals surface area contributed by atoms with Gasteiger partial charge in [-0.2, -0.15) is 4.98 Å². The van der Waals surface area contributed by atoms with Gasteiger partial charge < -0.3 is 14.6 Å². The van der Waals surface area contributed by atoms with Crippen LogP contribution >= 0.6 is 11.6 Å². The molecule has 1 aliphatic heterocycles. The Morgan fingerprint density at radius 2 is 2.33 bits per heavy atom. The molecule has 1 atom stereocenters. The first kappa shape index (κ1) is 19.6. The van der Waals surface area contributed by atoms with Crippen LogP contribution in [-0.4, -0.2) is 41.1 Å². The number of nitrogens with one attached hydrogen (secondary N) is 1. The number of anilines is 1. The van der Waals surface area contributed by atoms with E-state index >= 15 is 0 Å². The van der Waals surface area contributed by atoms with Crippen LogP contribution in [0.4, 0.5) is 5.69 Å². The largest absolute Gasteiger partial charge is 0.495 e. The van der Waals surface area contributed by atoms with Crippen molar-refractivity contribution in [3.05, 3.63) is 34.9 Å². The molecule has 2 heterocycles. The zero-order valence-electron chi connectivity index (χ0n) is 15.7. The maximum Gasteiger partial charge on any atom is 0.240 e.